The lowest BCUT2D eigenvalue weighted by molar-refractivity contribution is 0.0167. The average molecular weight is 258 g/mol. The molecule has 0 aliphatic heterocycles. The number of rotatable bonds is 3. The van der Waals surface area contributed by atoms with Crippen molar-refractivity contribution in [3.05, 3.63) is 29.0 Å². The largest absolute Gasteiger partial charge is 0.388 e. The highest BCUT2D eigenvalue weighted by molar-refractivity contribution is 6.31. The van der Waals surface area contributed by atoms with Gasteiger partial charge >= 0.3 is 0 Å². The van der Waals surface area contributed by atoms with Crippen LogP contribution in [0.5, 0.6) is 0 Å². The van der Waals surface area contributed by atoms with Gasteiger partial charge in [-0.2, -0.15) is 0 Å². The molecule has 17 heavy (non-hydrogen) atoms. The Morgan fingerprint density at radius 3 is 2.65 bits per heavy atom. The number of hydrogen-bond acceptors (Lipinski definition) is 2. The van der Waals surface area contributed by atoms with Gasteiger partial charge in [-0.1, -0.05) is 30.9 Å². The highest BCUT2D eigenvalue weighted by Crippen LogP contribution is 2.28. The molecule has 1 fully saturated rings. The first-order chi connectivity index (χ1) is 8.09. The summed E-state index contributed by atoms with van der Waals surface area (Å²) in [7, 11) is 0. The molecule has 0 atom stereocenters. The third-order valence-corrected chi connectivity index (χ3v) is 3.62. The van der Waals surface area contributed by atoms with Gasteiger partial charge in [0.15, 0.2) is 0 Å². The molecule has 2 nitrogen and oxygen atoms in total. The SMILES string of the molecule is OC1(CNc2ccc(F)c(Cl)c2)CCCCC1. The maximum absolute atomic E-state index is 13.0. The van der Waals surface area contributed by atoms with Gasteiger partial charge in [0.1, 0.15) is 5.82 Å². The van der Waals surface area contributed by atoms with E-state index in [9.17, 15) is 9.50 Å². The minimum absolute atomic E-state index is 0.102. The number of anilines is 1. The van der Waals surface area contributed by atoms with Crippen LogP contribution in [0.25, 0.3) is 0 Å². The molecule has 94 valence electrons. The zero-order valence-electron chi connectivity index (χ0n) is 9.68. The summed E-state index contributed by atoms with van der Waals surface area (Å²) in [5, 5.41) is 13.5. The first kappa shape index (κ1) is 12.7. The molecule has 4 heteroatoms. The Morgan fingerprint density at radius 1 is 1.29 bits per heavy atom. The van der Waals surface area contributed by atoms with Crippen molar-refractivity contribution in [2.24, 2.45) is 0 Å². The second kappa shape index (κ2) is 5.23. The summed E-state index contributed by atoms with van der Waals surface area (Å²) in [6.07, 6.45) is 5.00. The molecule has 2 N–H and O–H groups in total. The van der Waals surface area contributed by atoms with Crippen LogP contribution in [0.4, 0.5) is 10.1 Å². The Labute approximate surface area is 106 Å². The Kier molecular flexibility index (Phi) is 3.89. The minimum atomic E-state index is -0.626. The lowest BCUT2D eigenvalue weighted by Gasteiger charge is -2.32. The van der Waals surface area contributed by atoms with Crippen molar-refractivity contribution in [2.75, 3.05) is 11.9 Å². The second-order valence-electron chi connectivity index (χ2n) is 4.77. The van der Waals surface area contributed by atoms with E-state index in [-0.39, 0.29) is 5.02 Å². The molecule has 0 saturated heterocycles. The normalized spacial score (nSPS) is 19.0. The van der Waals surface area contributed by atoms with E-state index >= 15 is 0 Å². The van der Waals surface area contributed by atoms with Crippen LogP contribution in [0.2, 0.25) is 5.02 Å². The minimum Gasteiger partial charge on any atom is -0.388 e. The average Bonchev–Trinajstić information content (AvgIpc) is 2.32. The summed E-state index contributed by atoms with van der Waals surface area (Å²) in [5.74, 6) is -0.423. The monoisotopic (exact) mass is 257 g/mol. The fraction of sp³-hybridized carbons (Fsp3) is 0.538. The molecule has 2 rings (SSSR count). The highest BCUT2D eigenvalue weighted by Gasteiger charge is 2.28. The van der Waals surface area contributed by atoms with Gasteiger partial charge in [-0.25, -0.2) is 4.39 Å². The Bertz CT molecular complexity index is 391. The van der Waals surface area contributed by atoms with Crippen LogP contribution in [0.1, 0.15) is 32.1 Å². The molecule has 1 aromatic carbocycles. The van der Waals surface area contributed by atoms with Crippen molar-refractivity contribution >= 4 is 17.3 Å². The summed E-state index contributed by atoms with van der Waals surface area (Å²) >= 11 is 5.69. The van der Waals surface area contributed by atoms with E-state index in [0.717, 1.165) is 31.4 Å². The number of halogens is 2. The molecule has 1 aromatic rings. The molecular formula is C13H17ClFNO. The number of benzene rings is 1. The zero-order valence-corrected chi connectivity index (χ0v) is 10.4. The first-order valence-electron chi connectivity index (χ1n) is 6.00. The maximum Gasteiger partial charge on any atom is 0.141 e. The van der Waals surface area contributed by atoms with E-state index in [1.807, 2.05) is 0 Å². The van der Waals surface area contributed by atoms with Gasteiger partial charge in [0.05, 0.1) is 10.6 Å². The van der Waals surface area contributed by atoms with Gasteiger partial charge in [0, 0.05) is 12.2 Å². The van der Waals surface area contributed by atoms with E-state index < -0.39 is 11.4 Å². The van der Waals surface area contributed by atoms with Gasteiger partial charge in [0.25, 0.3) is 0 Å². The molecule has 1 saturated carbocycles. The van der Waals surface area contributed by atoms with Crippen LogP contribution >= 0.6 is 11.6 Å². The highest BCUT2D eigenvalue weighted by atomic mass is 35.5. The summed E-state index contributed by atoms with van der Waals surface area (Å²) < 4.78 is 13.0. The van der Waals surface area contributed by atoms with Crippen LogP contribution in [0, 0.1) is 5.82 Å². The fourth-order valence-electron chi connectivity index (χ4n) is 2.26. The summed E-state index contributed by atoms with van der Waals surface area (Å²) in [6, 6.07) is 4.51. The summed E-state index contributed by atoms with van der Waals surface area (Å²) in [5.41, 5.74) is 0.120. The molecule has 1 aliphatic rings. The molecule has 0 unspecified atom stereocenters. The third kappa shape index (κ3) is 3.33. The number of hydrogen-bond donors (Lipinski definition) is 2. The van der Waals surface area contributed by atoms with E-state index in [4.69, 9.17) is 11.6 Å². The molecular weight excluding hydrogens is 241 g/mol. The molecule has 0 aromatic heterocycles. The van der Waals surface area contributed by atoms with Crippen molar-refractivity contribution in [3.8, 4) is 0 Å². The quantitative estimate of drug-likeness (QED) is 0.867. The van der Waals surface area contributed by atoms with Crippen LogP contribution in [-0.4, -0.2) is 17.3 Å². The lowest BCUT2D eigenvalue weighted by Crippen LogP contribution is -2.38. The zero-order chi connectivity index (χ0) is 12.3. The van der Waals surface area contributed by atoms with Gasteiger partial charge in [0.2, 0.25) is 0 Å². The van der Waals surface area contributed by atoms with Crippen molar-refractivity contribution in [2.45, 2.75) is 37.7 Å². The molecule has 1 aliphatic carbocycles. The van der Waals surface area contributed by atoms with E-state index in [0.29, 0.717) is 6.54 Å². The van der Waals surface area contributed by atoms with Crippen LogP contribution in [0.15, 0.2) is 18.2 Å². The maximum atomic E-state index is 13.0. The molecule has 0 radical (unpaired) electrons. The van der Waals surface area contributed by atoms with Crippen LogP contribution in [-0.2, 0) is 0 Å². The van der Waals surface area contributed by atoms with Gasteiger partial charge in [-0.05, 0) is 31.0 Å². The van der Waals surface area contributed by atoms with E-state index in [2.05, 4.69) is 5.32 Å². The topological polar surface area (TPSA) is 32.3 Å². The molecule has 0 bridgehead atoms. The van der Waals surface area contributed by atoms with Crippen molar-refractivity contribution in [3.63, 3.8) is 0 Å². The van der Waals surface area contributed by atoms with Gasteiger partial charge < -0.3 is 10.4 Å². The van der Waals surface area contributed by atoms with Crippen molar-refractivity contribution < 1.29 is 9.50 Å². The number of nitrogens with one attached hydrogen (secondary N) is 1. The molecule has 0 amide bonds. The predicted molar refractivity (Wildman–Crippen MR) is 67.9 cm³/mol. The Morgan fingerprint density at radius 2 is 2.00 bits per heavy atom. The fourth-order valence-corrected chi connectivity index (χ4v) is 2.44. The number of aliphatic hydroxyl groups is 1. The Balaban J connectivity index is 1.94. The summed E-state index contributed by atoms with van der Waals surface area (Å²) in [6.45, 7) is 0.495. The lowest BCUT2D eigenvalue weighted by atomic mass is 9.85. The molecule has 0 heterocycles. The summed E-state index contributed by atoms with van der Waals surface area (Å²) in [4.78, 5) is 0. The smallest absolute Gasteiger partial charge is 0.141 e. The van der Waals surface area contributed by atoms with Crippen molar-refractivity contribution in [1.29, 1.82) is 0 Å². The van der Waals surface area contributed by atoms with Gasteiger partial charge in [-0.15, -0.1) is 0 Å². The van der Waals surface area contributed by atoms with Gasteiger partial charge in [-0.3, -0.25) is 0 Å². The van der Waals surface area contributed by atoms with E-state index in [1.54, 1.807) is 12.1 Å². The predicted octanol–water partition coefficient (Wildman–Crippen LogP) is 3.59. The standard InChI is InChI=1S/C13H17ClFNO/c14-11-8-10(4-5-12(11)15)16-9-13(17)6-2-1-3-7-13/h4-5,8,16-17H,1-3,6-7,9H2. The second-order valence-corrected chi connectivity index (χ2v) is 5.17. The van der Waals surface area contributed by atoms with Crippen LogP contribution < -0.4 is 5.32 Å². The Hall–Kier alpha value is -0.800. The first-order valence-corrected chi connectivity index (χ1v) is 6.38. The van der Waals surface area contributed by atoms with Crippen LogP contribution in [0.3, 0.4) is 0 Å². The van der Waals surface area contributed by atoms with Crippen molar-refractivity contribution in [1.82, 2.24) is 0 Å². The van der Waals surface area contributed by atoms with E-state index in [1.165, 1.54) is 12.5 Å². The third-order valence-electron chi connectivity index (χ3n) is 3.33. The molecule has 0 spiro atoms.